The third kappa shape index (κ3) is 5.81. The van der Waals surface area contributed by atoms with Crippen LogP contribution in [-0.2, 0) is 9.53 Å². The zero-order valence-electron chi connectivity index (χ0n) is 23.0. The van der Waals surface area contributed by atoms with E-state index in [1.54, 1.807) is 30.3 Å². The van der Waals surface area contributed by atoms with Crippen molar-refractivity contribution in [2.24, 2.45) is 4.99 Å². The van der Waals surface area contributed by atoms with Gasteiger partial charge in [0.1, 0.15) is 16.5 Å². The van der Waals surface area contributed by atoms with Crippen LogP contribution in [0.3, 0.4) is 0 Å². The molecule has 2 aromatic carbocycles. The molecule has 0 saturated heterocycles. The van der Waals surface area contributed by atoms with E-state index >= 15 is 0 Å². The molecule has 1 aliphatic rings. The lowest BCUT2D eigenvalue weighted by molar-refractivity contribution is -0.384. The second-order valence-electron chi connectivity index (χ2n) is 8.99. The molecule has 3 heterocycles. The summed E-state index contributed by atoms with van der Waals surface area (Å²) in [5.41, 5.74) is 0.267. The molecule has 5 rings (SSSR count). The van der Waals surface area contributed by atoms with Crippen LogP contribution in [0.15, 0.2) is 68.4 Å². The first-order chi connectivity index (χ1) is 20.7. The van der Waals surface area contributed by atoms with Crippen molar-refractivity contribution >= 4 is 52.3 Å². The first-order valence-electron chi connectivity index (χ1n) is 12.9. The Morgan fingerprint density at radius 3 is 2.56 bits per heavy atom. The van der Waals surface area contributed by atoms with Crippen LogP contribution >= 0.6 is 34.5 Å². The van der Waals surface area contributed by atoms with Crippen LogP contribution in [0.2, 0.25) is 10.0 Å². The van der Waals surface area contributed by atoms with E-state index < -0.39 is 22.5 Å². The number of nitrogens with zero attached hydrogens (tertiary/aromatic N) is 3. The number of halogens is 2. The van der Waals surface area contributed by atoms with Crippen LogP contribution in [0.4, 0.5) is 5.69 Å². The number of hydrogen-bond acceptors (Lipinski definition) is 10. The van der Waals surface area contributed by atoms with Gasteiger partial charge in [0.2, 0.25) is 0 Å². The Hall–Kier alpha value is -4.39. The average molecular weight is 644 g/mol. The van der Waals surface area contributed by atoms with E-state index in [1.807, 2.05) is 13.8 Å². The van der Waals surface area contributed by atoms with Gasteiger partial charge in [-0.15, -0.1) is 0 Å². The third-order valence-corrected chi connectivity index (χ3v) is 8.02. The fourth-order valence-corrected chi connectivity index (χ4v) is 6.05. The fraction of sp³-hybridized carbons (Fsp3) is 0.207. The number of aromatic nitrogens is 1. The molecule has 0 spiro atoms. The molecule has 0 saturated carbocycles. The van der Waals surface area contributed by atoms with Crippen LogP contribution in [-0.4, -0.2) is 35.8 Å². The SMILES string of the molecule is CCOc1ccc([C@@H]2C(C(=O)OC)=CN=c3s/c(=C\c4ccc(-c5cc([N+](=O)[O-])c(Cl)cc5Cl)o4)c(=O)n32)cc1OCC. The summed E-state index contributed by atoms with van der Waals surface area (Å²) in [5, 5.41) is 11.4. The quantitative estimate of drug-likeness (QED) is 0.136. The molecular weight excluding hydrogens is 621 g/mol. The molecule has 4 aromatic rings. The molecule has 0 amide bonds. The highest BCUT2D eigenvalue weighted by Crippen LogP contribution is 2.38. The number of carbonyl (C=O) groups excluding carboxylic acids is 1. The van der Waals surface area contributed by atoms with Gasteiger partial charge in [-0.25, -0.2) is 9.79 Å². The summed E-state index contributed by atoms with van der Waals surface area (Å²) in [4.78, 5) is 42.1. The topological polar surface area (TPSA) is 135 Å². The van der Waals surface area contributed by atoms with Gasteiger partial charge in [-0.3, -0.25) is 19.5 Å². The van der Waals surface area contributed by atoms with Gasteiger partial charge in [0.05, 0.1) is 46.4 Å². The molecule has 43 heavy (non-hydrogen) atoms. The van der Waals surface area contributed by atoms with E-state index in [0.29, 0.717) is 35.1 Å². The highest BCUT2D eigenvalue weighted by molar-refractivity contribution is 7.07. The molecule has 222 valence electrons. The molecule has 11 nitrogen and oxygen atoms in total. The van der Waals surface area contributed by atoms with Gasteiger partial charge in [0.25, 0.3) is 11.2 Å². The molecule has 0 unspecified atom stereocenters. The molecule has 14 heteroatoms. The van der Waals surface area contributed by atoms with E-state index in [4.69, 9.17) is 41.8 Å². The first-order valence-corrected chi connectivity index (χ1v) is 14.5. The third-order valence-electron chi connectivity index (χ3n) is 6.41. The number of rotatable bonds is 9. The van der Waals surface area contributed by atoms with E-state index in [1.165, 1.54) is 36.1 Å². The lowest BCUT2D eigenvalue weighted by atomic mass is 9.97. The molecule has 1 atom stereocenters. The van der Waals surface area contributed by atoms with E-state index in [0.717, 1.165) is 11.3 Å². The summed E-state index contributed by atoms with van der Waals surface area (Å²) in [6.45, 7) is 4.51. The number of thiazole rings is 1. The molecule has 2 aromatic heterocycles. The van der Waals surface area contributed by atoms with Crippen molar-refractivity contribution in [1.82, 2.24) is 4.57 Å². The number of methoxy groups -OCH3 is 1. The van der Waals surface area contributed by atoms with E-state index in [9.17, 15) is 19.7 Å². The van der Waals surface area contributed by atoms with Gasteiger partial charge >= 0.3 is 5.97 Å². The molecule has 0 fully saturated rings. The summed E-state index contributed by atoms with van der Waals surface area (Å²) in [5.74, 6) is 0.891. The maximum Gasteiger partial charge on any atom is 0.337 e. The Labute approximate surface area is 258 Å². The average Bonchev–Trinajstić information content (AvgIpc) is 3.57. The number of hydrogen-bond donors (Lipinski definition) is 0. The maximum absolute atomic E-state index is 13.8. The van der Waals surface area contributed by atoms with Gasteiger partial charge in [0, 0.05) is 23.9 Å². The summed E-state index contributed by atoms with van der Waals surface area (Å²) in [7, 11) is 1.26. The predicted molar refractivity (Wildman–Crippen MR) is 161 cm³/mol. The molecule has 1 aliphatic heterocycles. The molecule has 0 aliphatic carbocycles. The second-order valence-corrected chi connectivity index (χ2v) is 10.8. The van der Waals surface area contributed by atoms with Crippen molar-refractivity contribution in [3.63, 3.8) is 0 Å². The summed E-state index contributed by atoms with van der Waals surface area (Å²) in [6.07, 6.45) is 2.91. The summed E-state index contributed by atoms with van der Waals surface area (Å²) >= 11 is 13.3. The Morgan fingerprint density at radius 1 is 1.12 bits per heavy atom. The molecule has 0 bridgehead atoms. The largest absolute Gasteiger partial charge is 0.490 e. The van der Waals surface area contributed by atoms with Crippen LogP contribution in [0.5, 0.6) is 11.5 Å². The molecule has 0 radical (unpaired) electrons. The first kappa shape index (κ1) is 30.1. The lowest BCUT2D eigenvalue weighted by Crippen LogP contribution is -2.39. The minimum Gasteiger partial charge on any atom is -0.490 e. The smallest absolute Gasteiger partial charge is 0.337 e. The Balaban J connectivity index is 1.61. The molecular formula is C29H23Cl2N3O8S. The fourth-order valence-electron chi connectivity index (χ4n) is 4.56. The normalized spacial score (nSPS) is 14.5. The van der Waals surface area contributed by atoms with Crippen LogP contribution < -0.4 is 24.4 Å². The van der Waals surface area contributed by atoms with Crippen molar-refractivity contribution in [3.8, 4) is 22.8 Å². The monoisotopic (exact) mass is 643 g/mol. The number of nitro benzene ring substituents is 1. The van der Waals surface area contributed by atoms with Crippen molar-refractivity contribution in [2.45, 2.75) is 19.9 Å². The van der Waals surface area contributed by atoms with Gasteiger partial charge in [-0.1, -0.05) is 40.6 Å². The standard InChI is InChI=1S/C29H23Cl2N3O8S/c1-4-40-23-8-6-15(10-24(23)41-5-2)26-18(28(36)39-3)14-32-29-33(26)27(35)25(43-29)11-16-7-9-22(42-16)17-12-21(34(37)38)20(31)13-19(17)30/h6-14,26H,4-5H2,1-3H3/b25-11-/t26-/m1/s1. The van der Waals surface area contributed by atoms with Crippen LogP contribution in [0, 0.1) is 10.1 Å². The molecule has 0 N–H and O–H groups in total. The number of fused-ring (bicyclic) bond motifs is 1. The van der Waals surface area contributed by atoms with Gasteiger partial charge in [-0.2, -0.15) is 0 Å². The maximum atomic E-state index is 13.8. The predicted octanol–water partition coefficient (Wildman–Crippen LogP) is 5.29. The zero-order chi connectivity index (χ0) is 30.8. The lowest BCUT2D eigenvalue weighted by Gasteiger charge is -2.23. The van der Waals surface area contributed by atoms with Crippen molar-refractivity contribution in [2.75, 3.05) is 20.3 Å². The summed E-state index contributed by atoms with van der Waals surface area (Å²) in [6, 6.07) is 10.0. The van der Waals surface area contributed by atoms with E-state index in [2.05, 4.69) is 4.99 Å². The van der Waals surface area contributed by atoms with E-state index in [-0.39, 0.29) is 42.9 Å². The number of furan rings is 1. The highest BCUT2D eigenvalue weighted by Gasteiger charge is 2.31. The van der Waals surface area contributed by atoms with Crippen molar-refractivity contribution < 1.29 is 28.3 Å². The Kier molecular flexibility index (Phi) is 8.71. The zero-order valence-corrected chi connectivity index (χ0v) is 25.3. The number of esters is 1. The number of ether oxygens (including phenoxy) is 3. The highest BCUT2D eigenvalue weighted by atomic mass is 35.5. The van der Waals surface area contributed by atoms with Crippen LogP contribution in [0.25, 0.3) is 17.4 Å². The van der Waals surface area contributed by atoms with Gasteiger partial charge in [0.15, 0.2) is 16.3 Å². The Bertz CT molecular complexity index is 1960. The minimum absolute atomic E-state index is 0.103. The Morgan fingerprint density at radius 2 is 1.86 bits per heavy atom. The summed E-state index contributed by atoms with van der Waals surface area (Å²) < 4.78 is 24.0. The van der Waals surface area contributed by atoms with Crippen LogP contribution in [0.1, 0.15) is 31.2 Å². The van der Waals surface area contributed by atoms with Gasteiger partial charge < -0.3 is 18.6 Å². The number of nitro groups is 1. The second kappa shape index (κ2) is 12.5. The van der Waals surface area contributed by atoms with Gasteiger partial charge in [-0.05, 0) is 49.7 Å². The number of benzene rings is 2. The number of carbonyl (C=O) groups is 1. The minimum atomic E-state index is -0.860. The van der Waals surface area contributed by atoms with Crippen molar-refractivity contribution in [1.29, 1.82) is 0 Å². The van der Waals surface area contributed by atoms with Crippen molar-refractivity contribution in [3.05, 3.63) is 105 Å².